The third-order valence-electron chi connectivity index (χ3n) is 2.44. The summed E-state index contributed by atoms with van der Waals surface area (Å²) >= 11 is 3.68. The van der Waals surface area contributed by atoms with Crippen molar-refractivity contribution < 1.29 is 0 Å². The first kappa shape index (κ1) is 10.9. The van der Waals surface area contributed by atoms with Gasteiger partial charge in [-0.15, -0.1) is 11.3 Å². The molecule has 0 aliphatic rings. The fourth-order valence-electron chi connectivity index (χ4n) is 1.59. The van der Waals surface area contributed by atoms with E-state index in [0.717, 1.165) is 0 Å². The van der Waals surface area contributed by atoms with Crippen molar-refractivity contribution in [1.82, 2.24) is 0 Å². The van der Waals surface area contributed by atoms with E-state index in [1.54, 1.807) is 11.3 Å². The molecule has 2 aromatic rings. The first-order valence-electron chi connectivity index (χ1n) is 5.52. The molecule has 0 atom stereocenters. The Labute approximate surface area is 99.3 Å². The van der Waals surface area contributed by atoms with E-state index in [4.69, 9.17) is 0 Å². The van der Waals surface area contributed by atoms with Crippen LogP contribution < -0.4 is 0 Å². The first-order chi connectivity index (χ1) is 7.40. The lowest BCUT2D eigenvalue weighted by Gasteiger charge is -1.90. The van der Waals surface area contributed by atoms with E-state index in [0.29, 0.717) is 0 Å². The van der Waals surface area contributed by atoms with Gasteiger partial charge in [-0.2, -0.15) is 11.3 Å². The van der Waals surface area contributed by atoms with Gasteiger partial charge in [0, 0.05) is 20.3 Å². The molecule has 0 saturated heterocycles. The highest BCUT2D eigenvalue weighted by Crippen LogP contribution is 2.29. The fourth-order valence-corrected chi connectivity index (χ4v) is 3.53. The largest absolute Gasteiger partial charge is 0.150 e. The summed E-state index contributed by atoms with van der Waals surface area (Å²) in [5.41, 5.74) is 0. The van der Waals surface area contributed by atoms with E-state index in [2.05, 4.69) is 35.9 Å². The summed E-state index contributed by atoms with van der Waals surface area (Å²) in [6.07, 6.45) is 9.78. The van der Waals surface area contributed by atoms with Crippen molar-refractivity contribution in [3.63, 3.8) is 0 Å². The number of rotatable bonds is 5. The van der Waals surface area contributed by atoms with Crippen molar-refractivity contribution in [2.75, 3.05) is 0 Å². The highest BCUT2D eigenvalue weighted by atomic mass is 32.1. The molecule has 0 saturated carbocycles. The number of hydrogen-bond donors (Lipinski definition) is 0. The van der Waals surface area contributed by atoms with E-state index in [1.165, 1.54) is 40.6 Å². The van der Waals surface area contributed by atoms with E-state index < -0.39 is 0 Å². The van der Waals surface area contributed by atoms with Gasteiger partial charge in [-0.05, 0) is 30.4 Å². The Morgan fingerprint density at radius 3 is 3.00 bits per heavy atom. The minimum atomic E-state index is 1.22. The Morgan fingerprint density at radius 2 is 2.20 bits per heavy atom. The molecular weight excluding hydrogens is 220 g/mol. The van der Waals surface area contributed by atoms with Gasteiger partial charge >= 0.3 is 0 Å². The number of thiophene rings is 2. The second-order valence-corrected chi connectivity index (χ2v) is 5.60. The molecule has 2 rings (SSSR count). The molecule has 80 valence electrons. The average Bonchev–Trinajstić information content (AvgIpc) is 2.77. The van der Waals surface area contributed by atoms with Crippen molar-refractivity contribution in [3.05, 3.63) is 27.8 Å². The zero-order chi connectivity index (χ0) is 10.5. The van der Waals surface area contributed by atoms with Crippen molar-refractivity contribution in [2.45, 2.75) is 32.6 Å². The maximum atomic E-state index is 2.31. The van der Waals surface area contributed by atoms with Crippen LogP contribution in [0.15, 0.2) is 22.9 Å². The Bertz CT molecular complexity index is 406. The van der Waals surface area contributed by atoms with Crippen LogP contribution in [0.4, 0.5) is 0 Å². The molecule has 15 heavy (non-hydrogen) atoms. The summed E-state index contributed by atoms with van der Waals surface area (Å²) in [7, 11) is 0. The predicted octanol–water partition coefficient (Wildman–Crippen LogP) is 5.56. The molecule has 0 radical (unpaired) electrons. The Morgan fingerprint density at radius 1 is 1.27 bits per heavy atom. The van der Waals surface area contributed by atoms with E-state index in [-0.39, 0.29) is 0 Å². The van der Waals surface area contributed by atoms with Crippen LogP contribution in [-0.2, 0) is 0 Å². The Kier molecular flexibility index (Phi) is 3.98. The normalized spacial score (nSPS) is 11.8. The molecule has 0 bridgehead atoms. The third kappa shape index (κ3) is 2.93. The molecule has 0 spiro atoms. The Hall–Kier alpha value is -0.600. The van der Waals surface area contributed by atoms with Crippen LogP contribution in [0.5, 0.6) is 0 Å². The second kappa shape index (κ2) is 5.47. The summed E-state index contributed by atoms with van der Waals surface area (Å²) in [6.45, 7) is 2.25. The quantitative estimate of drug-likeness (QED) is 0.596. The van der Waals surface area contributed by atoms with Crippen LogP contribution >= 0.6 is 22.7 Å². The third-order valence-corrected chi connectivity index (χ3v) is 4.41. The second-order valence-electron chi connectivity index (χ2n) is 3.74. The molecule has 0 N–H and O–H groups in total. The minimum Gasteiger partial charge on any atom is -0.150 e. The maximum Gasteiger partial charge on any atom is 0.0456 e. The van der Waals surface area contributed by atoms with Crippen LogP contribution in [0.25, 0.3) is 16.2 Å². The standard InChI is InChI=1S/C13H16S2/c1-2-3-4-5-6-7-12-8-11-9-14-10-13(11)15-12/h6-10H,2-5H2,1H3/b7-6+. The van der Waals surface area contributed by atoms with E-state index >= 15 is 0 Å². The van der Waals surface area contributed by atoms with Crippen LogP contribution in [0.3, 0.4) is 0 Å². The molecule has 0 aromatic carbocycles. The summed E-state index contributed by atoms with van der Waals surface area (Å²) in [4.78, 5) is 1.39. The summed E-state index contributed by atoms with van der Waals surface area (Å²) < 4.78 is 1.42. The lowest BCUT2D eigenvalue weighted by molar-refractivity contribution is 0.730. The molecule has 0 unspecified atom stereocenters. The summed E-state index contributed by atoms with van der Waals surface area (Å²) in [5, 5.41) is 5.85. The van der Waals surface area contributed by atoms with Gasteiger partial charge in [0.25, 0.3) is 0 Å². The first-order valence-corrected chi connectivity index (χ1v) is 7.28. The molecule has 0 aliphatic heterocycles. The van der Waals surface area contributed by atoms with E-state index in [1.807, 2.05) is 11.3 Å². The van der Waals surface area contributed by atoms with Crippen molar-refractivity contribution in [3.8, 4) is 0 Å². The number of hydrogen-bond acceptors (Lipinski definition) is 2. The zero-order valence-electron chi connectivity index (χ0n) is 9.03. The van der Waals surface area contributed by atoms with Gasteiger partial charge in [0.15, 0.2) is 0 Å². The highest BCUT2D eigenvalue weighted by molar-refractivity contribution is 7.23. The molecule has 0 amide bonds. The van der Waals surface area contributed by atoms with E-state index in [9.17, 15) is 0 Å². The predicted molar refractivity (Wildman–Crippen MR) is 72.9 cm³/mol. The minimum absolute atomic E-state index is 1.22. The van der Waals surface area contributed by atoms with Crippen LogP contribution in [-0.4, -0.2) is 0 Å². The van der Waals surface area contributed by atoms with Gasteiger partial charge in [-0.1, -0.05) is 25.8 Å². The van der Waals surface area contributed by atoms with Gasteiger partial charge in [0.05, 0.1) is 0 Å². The van der Waals surface area contributed by atoms with Crippen molar-refractivity contribution in [1.29, 1.82) is 0 Å². The average molecular weight is 236 g/mol. The lowest BCUT2D eigenvalue weighted by Crippen LogP contribution is -1.69. The van der Waals surface area contributed by atoms with Gasteiger partial charge in [0.1, 0.15) is 0 Å². The van der Waals surface area contributed by atoms with Crippen molar-refractivity contribution in [2.24, 2.45) is 0 Å². The molecule has 0 aliphatic carbocycles. The smallest absolute Gasteiger partial charge is 0.0456 e. The summed E-state index contributed by atoms with van der Waals surface area (Å²) in [6, 6.07) is 2.28. The van der Waals surface area contributed by atoms with Crippen LogP contribution in [0.1, 0.15) is 37.5 Å². The zero-order valence-corrected chi connectivity index (χ0v) is 10.7. The van der Waals surface area contributed by atoms with Crippen LogP contribution in [0, 0.1) is 0 Å². The van der Waals surface area contributed by atoms with Crippen molar-refractivity contribution >= 4 is 38.8 Å². The molecule has 2 heteroatoms. The molecular formula is C13H16S2. The Balaban J connectivity index is 1.91. The highest BCUT2D eigenvalue weighted by Gasteiger charge is 1.98. The number of allylic oxidation sites excluding steroid dienone is 1. The number of fused-ring (bicyclic) bond motifs is 1. The monoisotopic (exact) mass is 236 g/mol. The van der Waals surface area contributed by atoms with Gasteiger partial charge in [-0.25, -0.2) is 0 Å². The van der Waals surface area contributed by atoms with Crippen LogP contribution in [0.2, 0.25) is 0 Å². The maximum absolute atomic E-state index is 2.31. The molecule has 2 aromatic heterocycles. The number of unbranched alkanes of at least 4 members (excludes halogenated alkanes) is 3. The fraction of sp³-hybridized carbons (Fsp3) is 0.385. The molecule has 2 heterocycles. The van der Waals surface area contributed by atoms with Gasteiger partial charge in [0.2, 0.25) is 0 Å². The van der Waals surface area contributed by atoms with Gasteiger partial charge < -0.3 is 0 Å². The van der Waals surface area contributed by atoms with Gasteiger partial charge in [-0.3, -0.25) is 0 Å². The molecule has 0 nitrogen and oxygen atoms in total. The lowest BCUT2D eigenvalue weighted by atomic mass is 10.2. The molecule has 0 fully saturated rings. The SMILES string of the molecule is CCCCC/C=C/c1cc2cscc2s1. The topological polar surface area (TPSA) is 0 Å². The summed E-state index contributed by atoms with van der Waals surface area (Å²) in [5.74, 6) is 0.